The topological polar surface area (TPSA) is 37.4 Å². The molecule has 1 heterocycles. The molecule has 0 aromatic heterocycles. The summed E-state index contributed by atoms with van der Waals surface area (Å²) in [6.45, 7) is -9.41. The SMILES string of the molecule is [2H]c1c([2H])c(C2([2H])C([2H])([2H])N(C([2H])([2H])CC)C([2H])([2H])C([2H])([2H])C2([2H])[2H])c([2H])c(S(C)(=O)=O)c1[2H]. The molecule has 1 fully saturated rings. The van der Waals surface area contributed by atoms with Crippen LogP contribution in [0.1, 0.15) is 58.1 Å². The van der Waals surface area contributed by atoms with E-state index in [-0.39, 0.29) is 4.90 Å². The van der Waals surface area contributed by atoms with Crippen LogP contribution in [0.25, 0.3) is 0 Å². The second kappa shape index (κ2) is 6.06. The third-order valence-corrected chi connectivity index (χ3v) is 3.06. The van der Waals surface area contributed by atoms with Crippen molar-refractivity contribution < 1.29 is 29.0 Å². The van der Waals surface area contributed by atoms with Crippen molar-refractivity contribution in [2.24, 2.45) is 0 Å². The maximum atomic E-state index is 12.3. The van der Waals surface area contributed by atoms with Crippen LogP contribution in [0.15, 0.2) is 29.1 Å². The minimum absolute atomic E-state index is 0.307. The minimum atomic E-state index is -4.53. The van der Waals surface area contributed by atoms with Crippen LogP contribution < -0.4 is 0 Å². The molecule has 0 aliphatic carbocycles. The summed E-state index contributed by atoms with van der Waals surface area (Å²) in [6.07, 6.45) is -7.93. The van der Waals surface area contributed by atoms with Gasteiger partial charge in [0.25, 0.3) is 0 Å². The van der Waals surface area contributed by atoms with Crippen molar-refractivity contribution in [2.45, 2.75) is 36.9 Å². The first-order chi connectivity index (χ1) is 14.8. The van der Waals surface area contributed by atoms with Gasteiger partial charge in [-0.3, -0.25) is 0 Å². The summed E-state index contributed by atoms with van der Waals surface area (Å²) in [5.74, 6) is -3.85. The highest BCUT2D eigenvalue weighted by Crippen LogP contribution is 2.28. The summed E-state index contributed by atoms with van der Waals surface area (Å²) in [4.78, 5) is -1.53. The standard InChI is InChI=1S/C15H23NO2S/c1-3-9-16-10-5-7-14(12-16)13-6-4-8-15(11-13)19(2,17)18/h4,6,8,11,14H,3,5,7,9-10,12H2,1-2H3/i4D,5D2,6D,7D2,8D,9D2,10D2,11D,12D2,14D. The highest BCUT2D eigenvalue weighted by Gasteiger charge is 2.21. The van der Waals surface area contributed by atoms with Gasteiger partial charge in [-0.25, -0.2) is 8.42 Å². The van der Waals surface area contributed by atoms with E-state index in [1.807, 2.05) is 0 Å². The Morgan fingerprint density at radius 2 is 2.42 bits per heavy atom. The van der Waals surface area contributed by atoms with E-state index in [1.165, 1.54) is 6.92 Å². The van der Waals surface area contributed by atoms with Crippen molar-refractivity contribution in [1.82, 2.24) is 4.90 Å². The Morgan fingerprint density at radius 3 is 3.11 bits per heavy atom. The van der Waals surface area contributed by atoms with Gasteiger partial charge in [-0.1, -0.05) is 19.0 Å². The Labute approximate surface area is 137 Å². The molecule has 1 aliphatic heterocycles. The highest BCUT2D eigenvalue weighted by molar-refractivity contribution is 7.90. The number of hydrogen-bond acceptors (Lipinski definition) is 3. The van der Waals surface area contributed by atoms with E-state index in [2.05, 4.69) is 0 Å². The molecule has 0 spiro atoms. The quantitative estimate of drug-likeness (QED) is 0.857. The summed E-state index contributed by atoms with van der Waals surface area (Å²) < 4.78 is 149. The zero-order valence-electron chi connectivity index (χ0n) is 25.4. The van der Waals surface area contributed by atoms with Gasteiger partial charge >= 0.3 is 0 Å². The Hall–Kier alpha value is -0.870. The normalized spacial score (nSPS) is 48.2. The van der Waals surface area contributed by atoms with Crippen molar-refractivity contribution in [3.05, 3.63) is 29.7 Å². The highest BCUT2D eigenvalue weighted by atomic mass is 32.2. The van der Waals surface area contributed by atoms with E-state index in [9.17, 15) is 8.42 Å². The molecular weight excluding hydrogens is 258 g/mol. The molecule has 0 N–H and O–H groups in total. The van der Waals surface area contributed by atoms with E-state index in [4.69, 9.17) is 20.6 Å². The molecule has 0 radical (unpaired) electrons. The Balaban J connectivity index is 3.26. The smallest absolute Gasteiger partial charge is 0.175 e. The summed E-state index contributed by atoms with van der Waals surface area (Å²) in [5, 5.41) is 0. The van der Waals surface area contributed by atoms with E-state index in [0.29, 0.717) is 6.26 Å². The van der Waals surface area contributed by atoms with Gasteiger partial charge in [-0.05, 0) is 55.7 Å². The van der Waals surface area contributed by atoms with Crippen LogP contribution in [0.2, 0.25) is 0 Å². The summed E-state index contributed by atoms with van der Waals surface area (Å²) in [7, 11) is -4.53. The fraction of sp³-hybridized carbons (Fsp3) is 0.600. The molecule has 106 valence electrons. The first-order valence-corrected chi connectivity index (χ1v) is 7.32. The van der Waals surface area contributed by atoms with Crippen molar-refractivity contribution in [1.29, 1.82) is 0 Å². The van der Waals surface area contributed by atoms with E-state index in [1.54, 1.807) is 0 Å². The lowest BCUT2D eigenvalue weighted by atomic mass is 9.90. The molecule has 1 saturated heterocycles. The van der Waals surface area contributed by atoms with Gasteiger partial charge in [0.15, 0.2) is 9.84 Å². The molecule has 19 heavy (non-hydrogen) atoms. The van der Waals surface area contributed by atoms with E-state index >= 15 is 0 Å². The van der Waals surface area contributed by atoms with Crippen LogP contribution >= 0.6 is 0 Å². The lowest BCUT2D eigenvalue weighted by Gasteiger charge is -2.32. The Morgan fingerprint density at radius 1 is 1.63 bits per heavy atom. The number of piperidine rings is 1. The third-order valence-electron chi connectivity index (χ3n) is 2.12. The number of likely N-dealkylation sites (tertiary alicyclic amines) is 1. The lowest BCUT2D eigenvalue weighted by molar-refractivity contribution is 0.208. The van der Waals surface area contributed by atoms with Gasteiger partial charge in [0.1, 0.15) is 0 Å². The van der Waals surface area contributed by atoms with Crippen LogP contribution in [0, 0.1) is 0 Å². The molecule has 0 bridgehead atoms. The fourth-order valence-electron chi connectivity index (χ4n) is 1.31. The van der Waals surface area contributed by atoms with Gasteiger partial charge in [0.2, 0.25) is 0 Å². The minimum Gasteiger partial charge on any atom is -0.303 e. The summed E-state index contributed by atoms with van der Waals surface area (Å²) in [5.41, 5.74) is -1.42. The fourth-order valence-corrected chi connectivity index (χ4v) is 1.83. The monoisotopic (exact) mass is 296 g/mol. The van der Waals surface area contributed by atoms with Crippen molar-refractivity contribution >= 4 is 9.84 Å². The van der Waals surface area contributed by atoms with Gasteiger partial charge in [-0.2, -0.15) is 0 Å². The van der Waals surface area contributed by atoms with Gasteiger partial charge < -0.3 is 4.90 Å². The second-order valence-corrected chi connectivity index (χ2v) is 5.62. The molecular formula is C15H23NO2S. The maximum absolute atomic E-state index is 12.3. The zero-order chi connectivity index (χ0) is 27.2. The van der Waals surface area contributed by atoms with Crippen LogP contribution in [0.3, 0.4) is 0 Å². The molecule has 4 heteroatoms. The maximum Gasteiger partial charge on any atom is 0.175 e. The number of benzene rings is 1. The Bertz CT molecular complexity index is 1130. The first-order valence-electron chi connectivity index (χ1n) is 12.9. The molecule has 1 atom stereocenters. The van der Waals surface area contributed by atoms with Crippen molar-refractivity contribution in [3.8, 4) is 0 Å². The van der Waals surface area contributed by atoms with Crippen molar-refractivity contribution in [3.63, 3.8) is 0 Å². The van der Waals surface area contributed by atoms with Crippen LogP contribution in [-0.2, 0) is 9.84 Å². The number of nitrogens with zero attached hydrogens (tertiary/aromatic N) is 1. The molecule has 0 amide bonds. The zero-order valence-corrected chi connectivity index (χ0v) is 11.2. The average molecular weight is 297 g/mol. The predicted octanol–water partition coefficient (Wildman–Crippen LogP) is 2.68. The second-order valence-electron chi connectivity index (χ2n) is 3.67. The number of sulfone groups is 1. The summed E-state index contributed by atoms with van der Waals surface area (Å²) >= 11 is 0. The molecule has 2 rings (SSSR count). The van der Waals surface area contributed by atoms with Gasteiger partial charge in [0.05, 0.1) is 10.4 Å². The van der Waals surface area contributed by atoms with E-state index in [0.717, 1.165) is 0 Å². The first kappa shape index (κ1) is 4.57. The molecule has 1 aromatic carbocycles. The number of hydrogen-bond donors (Lipinski definition) is 0. The van der Waals surface area contributed by atoms with E-state index < -0.39 is 89.0 Å². The van der Waals surface area contributed by atoms with Crippen LogP contribution in [0.5, 0.6) is 0 Å². The molecule has 1 aromatic rings. The Kier molecular flexibility index (Phi) is 1.46. The van der Waals surface area contributed by atoms with Crippen molar-refractivity contribution in [2.75, 3.05) is 25.7 Å². The largest absolute Gasteiger partial charge is 0.303 e. The number of rotatable bonds is 4. The van der Waals surface area contributed by atoms with Crippen LogP contribution in [-0.4, -0.2) is 39.1 Å². The molecule has 1 aliphatic rings. The predicted molar refractivity (Wildman–Crippen MR) is 78.3 cm³/mol. The molecule has 3 nitrogen and oxygen atoms in total. The van der Waals surface area contributed by atoms with Gasteiger partial charge in [-0.15, -0.1) is 0 Å². The van der Waals surface area contributed by atoms with Gasteiger partial charge in [0, 0.05) is 27.8 Å². The summed E-state index contributed by atoms with van der Waals surface area (Å²) in [6, 6.07) is -5.04. The third kappa shape index (κ3) is 3.80. The average Bonchev–Trinajstić information content (AvgIpc) is 2.62. The molecule has 1 unspecified atom stereocenters. The lowest BCUT2D eigenvalue weighted by Crippen LogP contribution is -2.34. The molecule has 0 saturated carbocycles. The van der Waals surface area contributed by atoms with Crippen LogP contribution in [0.4, 0.5) is 0 Å².